The van der Waals surface area contributed by atoms with Crippen molar-refractivity contribution in [1.29, 1.82) is 0 Å². The number of hydrogen-bond acceptors (Lipinski definition) is 3. The zero-order chi connectivity index (χ0) is 60.7. The number of anilines is 3. The molecule has 0 amide bonds. The van der Waals surface area contributed by atoms with Crippen LogP contribution in [0.5, 0.6) is 0 Å². The first-order valence-electron chi connectivity index (χ1n) is 30.2. The van der Waals surface area contributed by atoms with Gasteiger partial charge in [0.05, 0.1) is 53.6 Å². The Hall–Kier alpha value is -6.84. The Kier molecular flexibility index (Phi) is 2.72. The molecule has 3 heteroatoms. The molecule has 0 aliphatic heterocycles. The van der Waals surface area contributed by atoms with E-state index in [0.717, 1.165) is 0 Å². The van der Waals surface area contributed by atoms with E-state index in [9.17, 15) is 12.3 Å². The molecule has 0 N–H and O–H groups in total. The average molecular weight is 685 g/mol. The van der Waals surface area contributed by atoms with Gasteiger partial charge in [0.2, 0.25) is 0 Å². The van der Waals surface area contributed by atoms with Crippen LogP contribution in [-0.4, -0.2) is 0 Å². The molecule has 3 nitrogen and oxygen atoms in total. The Morgan fingerprint density at radius 1 is 0.353 bits per heavy atom. The molecule has 0 unspecified atom stereocenters. The molecule has 0 saturated heterocycles. The summed E-state index contributed by atoms with van der Waals surface area (Å²) in [7, 11) is 0. The van der Waals surface area contributed by atoms with Gasteiger partial charge in [0.25, 0.3) is 0 Å². The monoisotopic (exact) mass is 684 g/mol. The molecule has 2 heterocycles. The van der Waals surface area contributed by atoms with Crippen molar-refractivity contribution in [3.63, 3.8) is 0 Å². The summed E-state index contributed by atoms with van der Waals surface area (Å²) in [5.41, 5.74) is -11.1. The molecule has 10 rings (SSSR count). The predicted octanol–water partition coefficient (Wildman–Crippen LogP) is 14.0. The van der Waals surface area contributed by atoms with E-state index < -0.39 is 282 Å². The second-order valence-corrected chi connectivity index (χ2v) is 10.5. The summed E-state index contributed by atoms with van der Waals surface area (Å²) in [5, 5.41) is -2.28. The van der Waals surface area contributed by atoms with Gasteiger partial charge in [-0.3, -0.25) is 0 Å². The fraction of sp³-hybridized carbons (Fsp3) is 0. The molecule has 10 aromatic rings. The minimum absolute atomic E-state index is 0.398. The minimum atomic E-state index is -1.30. The van der Waals surface area contributed by atoms with Crippen LogP contribution in [0.2, 0.25) is 0 Å². The Labute approximate surface area is 338 Å². The van der Waals surface area contributed by atoms with Crippen molar-refractivity contribution >= 4 is 60.9 Å². The number of nitrogens with zero attached hydrogens (tertiary/aromatic N) is 1. The fourth-order valence-electron chi connectivity index (χ4n) is 5.37. The largest absolute Gasteiger partial charge is 0.456 e. The lowest BCUT2D eigenvalue weighted by molar-refractivity contribution is 0.669. The van der Waals surface area contributed by atoms with Gasteiger partial charge < -0.3 is 13.7 Å². The highest BCUT2D eigenvalue weighted by molar-refractivity contribution is 6.13. The molecule has 240 valence electrons. The summed E-state index contributed by atoms with van der Waals surface area (Å²) >= 11 is 0. The Balaban J connectivity index is 1.36. The maximum atomic E-state index is 9.71. The predicted molar refractivity (Wildman–Crippen MR) is 212 cm³/mol. The number of para-hydroxylation sites is 3. The van der Waals surface area contributed by atoms with Crippen LogP contribution in [0.25, 0.3) is 77.3 Å². The van der Waals surface area contributed by atoms with E-state index >= 15 is 0 Å². The SMILES string of the molecule is [2H]c1c([2H])c([2H])c(-c2c([2H])c([2H])c(-c3c([2H])c([2H])c(N(c4c([2H])c([2H])c(-c5c([2H])c([2H])c([2H])c6c5oc5c([2H])c([2H])c([2H])c([2H])c56)c([2H])c4[2H])c4c([2H])c([2H])c([2H])c5oc6c([2H])c([2H])c([2H])c([2H])c6c45)c([2H])c3[2H])c([2H])c2[2H])c([2H])c1[2H]. The highest BCUT2D eigenvalue weighted by Crippen LogP contribution is 2.44. The first-order valence-corrected chi connectivity index (χ1v) is 14.7. The third-order valence-corrected chi connectivity index (χ3v) is 7.63. The lowest BCUT2D eigenvalue weighted by atomic mass is 9.99. The van der Waals surface area contributed by atoms with Crippen LogP contribution < -0.4 is 4.90 Å². The van der Waals surface area contributed by atoms with Crippen molar-refractivity contribution in [3.8, 4) is 33.4 Å². The van der Waals surface area contributed by atoms with Crippen molar-refractivity contribution in [2.75, 3.05) is 4.90 Å². The van der Waals surface area contributed by atoms with Gasteiger partial charge in [-0.1, -0.05) is 139 Å². The molecule has 0 bridgehead atoms. The Bertz CT molecular complexity index is 4540. The van der Waals surface area contributed by atoms with Crippen LogP contribution in [0.1, 0.15) is 42.5 Å². The van der Waals surface area contributed by atoms with E-state index in [0.29, 0.717) is 4.90 Å². The van der Waals surface area contributed by atoms with Gasteiger partial charge in [-0.15, -0.1) is 0 Å². The molecule has 0 saturated carbocycles. The van der Waals surface area contributed by atoms with E-state index in [1.54, 1.807) is 0 Å². The maximum Gasteiger partial charge on any atom is 0.143 e. The van der Waals surface area contributed by atoms with E-state index in [2.05, 4.69) is 0 Å². The zero-order valence-corrected chi connectivity index (χ0v) is 25.3. The molecule has 0 spiro atoms. The van der Waals surface area contributed by atoms with Gasteiger partial charge in [-0.05, 0) is 76.2 Å². The molecule has 0 aliphatic carbocycles. The average Bonchev–Trinajstić information content (AvgIpc) is 1.58. The van der Waals surface area contributed by atoms with Gasteiger partial charge in [-0.2, -0.15) is 0 Å². The van der Waals surface area contributed by atoms with E-state index in [-0.39, 0.29) is 0 Å². The topological polar surface area (TPSA) is 29.5 Å². The molecule has 0 atom stereocenters. The molecule has 0 fully saturated rings. The summed E-state index contributed by atoms with van der Waals surface area (Å²) in [5.74, 6) is 0. The number of hydrogen-bond donors (Lipinski definition) is 0. The standard InChI is InChI=1S/C48H31NO2/c1-2-10-32(11-3-1)33-20-22-34(23-21-33)35-24-28-37(29-25-35)49(43-16-9-19-46-47(43)42-13-5-7-18-45(42)50-46)38-30-26-36(27-31-38)39-14-8-15-41-40-12-4-6-17-44(40)51-48(39)41/h1-31H/i1D,2D,3D,4D,5D,6D,7D,8D,9D,10D,11D,12D,13D,14D,15D,16D,17D,18D,19D,20D,21D,22D,23D,24D,25D,26D,27D,28D,29D,30D,31D. The summed E-state index contributed by atoms with van der Waals surface area (Å²) in [6, 6.07) is -31.3. The van der Waals surface area contributed by atoms with Crippen LogP contribution in [-0.2, 0) is 0 Å². The Morgan fingerprint density at radius 3 is 1.53 bits per heavy atom. The molecule has 51 heavy (non-hydrogen) atoms. The van der Waals surface area contributed by atoms with E-state index in [4.69, 9.17) is 39.0 Å². The number of furan rings is 2. The molecule has 2 aromatic heterocycles. The van der Waals surface area contributed by atoms with Crippen LogP contribution in [0.4, 0.5) is 17.1 Å². The number of benzene rings is 8. The van der Waals surface area contributed by atoms with Gasteiger partial charge in [0.15, 0.2) is 0 Å². The first kappa shape index (κ1) is 11.6. The van der Waals surface area contributed by atoms with Crippen LogP contribution in [0.15, 0.2) is 196 Å². The van der Waals surface area contributed by atoms with Crippen molar-refractivity contribution in [3.05, 3.63) is 187 Å². The maximum absolute atomic E-state index is 9.71. The molecule has 0 radical (unpaired) electrons. The summed E-state index contributed by atoms with van der Waals surface area (Å²) in [6.45, 7) is 0. The summed E-state index contributed by atoms with van der Waals surface area (Å²) in [6.07, 6.45) is 0. The smallest absolute Gasteiger partial charge is 0.143 e. The first-order chi connectivity index (χ1) is 38.2. The van der Waals surface area contributed by atoms with Crippen molar-refractivity contribution in [2.24, 2.45) is 0 Å². The number of rotatable bonds is 6. The third kappa shape index (κ3) is 4.98. The second-order valence-electron chi connectivity index (χ2n) is 10.5. The van der Waals surface area contributed by atoms with Crippen LogP contribution >= 0.6 is 0 Å². The molecular weight excluding hydrogens is 623 g/mol. The van der Waals surface area contributed by atoms with Crippen molar-refractivity contribution < 1.29 is 51.3 Å². The normalized spacial score (nSPS) is 20.0. The van der Waals surface area contributed by atoms with E-state index in [1.165, 1.54) is 0 Å². The highest BCUT2D eigenvalue weighted by atomic mass is 16.3. The van der Waals surface area contributed by atoms with E-state index in [1.807, 2.05) is 0 Å². The second kappa shape index (κ2) is 11.9. The van der Waals surface area contributed by atoms with Gasteiger partial charge >= 0.3 is 0 Å². The van der Waals surface area contributed by atoms with Crippen molar-refractivity contribution in [1.82, 2.24) is 0 Å². The van der Waals surface area contributed by atoms with Gasteiger partial charge in [-0.25, -0.2) is 0 Å². The lowest BCUT2D eigenvalue weighted by Crippen LogP contribution is -2.10. The minimum Gasteiger partial charge on any atom is -0.456 e. The highest BCUT2D eigenvalue weighted by Gasteiger charge is 2.20. The van der Waals surface area contributed by atoms with Crippen LogP contribution in [0.3, 0.4) is 0 Å². The third-order valence-electron chi connectivity index (χ3n) is 7.63. The van der Waals surface area contributed by atoms with Gasteiger partial charge in [0.1, 0.15) is 22.3 Å². The van der Waals surface area contributed by atoms with Crippen molar-refractivity contribution in [2.45, 2.75) is 0 Å². The van der Waals surface area contributed by atoms with Gasteiger partial charge in [0, 0.05) is 33.1 Å². The fourth-order valence-corrected chi connectivity index (χ4v) is 5.37. The zero-order valence-electron chi connectivity index (χ0n) is 56.3. The Morgan fingerprint density at radius 2 is 0.843 bits per heavy atom. The summed E-state index contributed by atoms with van der Waals surface area (Å²) in [4.78, 5) is 0.398. The quantitative estimate of drug-likeness (QED) is 0.175. The number of fused-ring (bicyclic) bond motifs is 6. The summed E-state index contributed by atoms with van der Waals surface area (Å²) < 4.78 is 288. The van der Waals surface area contributed by atoms with Crippen LogP contribution in [0, 0.1) is 0 Å². The molecule has 0 aliphatic rings. The lowest BCUT2D eigenvalue weighted by Gasteiger charge is -2.26. The molecule has 8 aromatic carbocycles. The molecular formula is C48H31NO2.